The molecule has 3 rings (SSSR count). The maximum absolute atomic E-state index is 12.7. The summed E-state index contributed by atoms with van der Waals surface area (Å²) in [4.78, 5) is 12.9. The summed E-state index contributed by atoms with van der Waals surface area (Å²) in [6.07, 6.45) is 3.29. The molecule has 7 heteroatoms. The topological polar surface area (TPSA) is 75.3 Å². The van der Waals surface area contributed by atoms with E-state index in [0.29, 0.717) is 23.1 Å². The molecular weight excluding hydrogens is 440 g/mol. The van der Waals surface area contributed by atoms with Crippen LogP contribution >= 0.6 is 15.9 Å². The summed E-state index contributed by atoms with van der Waals surface area (Å²) >= 11 is 3.29. The number of carbonyl (C=O) groups is 1. The van der Waals surface area contributed by atoms with Crippen molar-refractivity contribution in [3.05, 3.63) is 58.6 Å². The van der Waals surface area contributed by atoms with E-state index in [9.17, 15) is 13.2 Å². The van der Waals surface area contributed by atoms with Gasteiger partial charge in [-0.1, -0.05) is 48.7 Å². The summed E-state index contributed by atoms with van der Waals surface area (Å²) in [5.41, 5.74) is 0.807. The van der Waals surface area contributed by atoms with E-state index in [0.717, 1.165) is 17.3 Å². The zero-order valence-electron chi connectivity index (χ0n) is 16.0. The van der Waals surface area contributed by atoms with Crippen molar-refractivity contribution in [3.63, 3.8) is 0 Å². The van der Waals surface area contributed by atoms with E-state index in [1.165, 1.54) is 18.6 Å². The smallest absolute Gasteiger partial charge is 0.261 e. The zero-order valence-corrected chi connectivity index (χ0v) is 18.4. The van der Waals surface area contributed by atoms with E-state index in [1.54, 1.807) is 36.4 Å². The van der Waals surface area contributed by atoms with Crippen LogP contribution in [0.25, 0.3) is 0 Å². The molecule has 0 bridgehead atoms. The fourth-order valence-electron chi connectivity index (χ4n) is 3.59. The molecule has 0 aliphatic heterocycles. The highest BCUT2D eigenvalue weighted by Gasteiger charge is 2.28. The zero-order chi connectivity index (χ0) is 20.3. The van der Waals surface area contributed by atoms with Gasteiger partial charge in [0.1, 0.15) is 0 Å². The first kappa shape index (κ1) is 20.9. The van der Waals surface area contributed by atoms with Gasteiger partial charge in [-0.05, 0) is 60.7 Å². The lowest BCUT2D eigenvalue weighted by atomic mass is 9.78. The Bertz CT molecular complexity index is 944. The number of rotatable bonds is 5. The normalized spacial score (nSPS) is 22.5. The number of amides is 1. The standard InChI is InChI=1S/C21H25BrN2O3S/c1-14-5-3-8-20(15(14)2)23-21(25)16-6-4-7-18(13-16)24-28(26,27)19-11-9-17(22)10-12-19/h4,6-7,9-15,20,24H,3,5,8H2,1-2H3,(H,23,25)/t14-,15+,20-/m1/s1. The molecule has 2 N–H and O–H groups in total. The van der Waals surface area contributed by atoms with Gasteiger partial charge in [-0.15, -0.1) is 0 Å². The van der Waals surface area contributed by atoms with Crippen molar-refractivity contribution in [3.8, 4) is 0 Å². The summed E-state index contributed by atoms with van der Waals surface area (Å²) in [5, 5.41) is 3.12. The van der Waals surface area contributed by atoms with Crippen LogP contribution in [0.1, 0.15) is 43.5 Å². The SMILES string of the molecule is C[C@H]1[C@H](C)CCC[C@H]1NC(=O)c1cccc(NS(=O)(=O)c2ccc(Br)cc2)c1. The number of sulfonamides is 1. The van der Waals surface area contributed by atoms with Gasteiger partial charge >= 0.3 is 0 Å². The highest BCUT2D eigenvalue weighted by molar-refractivity contribution is 9.10. The lowest BCUT2D eigenvalue weighted by Crippen LogP contribution is -2.43. The second-order valence-electron chi connectivity index (χ2n) is 7.49. The maximum atomic E-state index is 12.7. The van der Waals surface area contributed by atoms with Crippen molar-refractivity contribution in [1.29, 1.82) is 0 Å². The Morgan fingerprint density at radius 2 is 1.79 bits per heavy atom. The Labute approximate surface area is 175 Å². The molecule has 0 aromatic heterocycles. The Morgan fingerprint density at radius 3 is 2.50 bits per heavy atom. The predicted molar refractivity (Wildman–Crippen MR) is 115 cm³/mol. The number of carbonyl (C=O) groups excluding carboxylic acids is 1. The fraction of sp³-hybridized carbons (Fsp3) is 0.381. The summed E-state index contributed by atoms with van der Waals surface area (Å²) < 4.78 is 28.5. The lowest BCUT2D eigenvalue weighted by molar-refractivity contribution is 0.0891. The molecule has 0 unspecified atom stereocenters. The highest BCUT2D eigenvalue weighted by Crippen LogP contribution is 2.29. The summed E-state index contributed by atoms with van der Waals surface area (Å²) in [6, 6.07) is 13.1. The number of hydrogen-bond acceptors (Lipinski definition) is 3. The first-order valence-corrected chi connectivity index (χ1v) is 11.7. The molecule has 1 aliphatic rings. The average Bonchev–Trinajstić information content (AvgIpc) is 2.65. The second kappa shape index (κ2) is 8.66. The van der Waals surface area contributed by atoms with E-state index in [1.807, 2.05) is 0 Å². The van der Waals surface area contributed by atoms with E-state index in [4.69, 9.17) is 0 Å². The molecule has 0 heterocycles. The molecule has 1 fully saturated rings. The van der Waals surface area contributed by atoms with E-state index >= 15 is 0 Å². The minimum absolute atomic E-state index is 0.152. The molecule has 28 heavy (non-hydrogen) atoms. The van der Waals surface area contributed by atoms with Crippen LogP contribution in [0.15, 0.2) is 57.9 Å². The molecule has 2 aromatic carbocycles. The van der Waals surface area contributed by atoms with Crippen molar-refractivity contribution >= 4 is 37.5 Å². The highest BCUT2D eigenvalue weighted by atomic mass is 79.9. The Kier molecular flexibility index (Phi) is 6.45. The van der Waals surface area contributed by atoms with Gasteiger partial charge in [0.15, 0.2) is 0 Å². The van der Waals surface area contributed by atoms with Crippen LogP contribution in [-0.2, 0) is 10.0 Å². The van der Waals surface area contributed by atoms with Gasteiger partial charge in [0.25, 0.3) is 15.9 Å². The molecule has 5 nitrogen and oxygen atoms in total. The molecule has 0 radical (unpaired) electrons. The van der Waals surface area contributed by atoms with Gasteiger partial charge < -0.3 is 5.32 Å². The minimum atomic E-state index is -3.72. The number of benzene rings is 2. The van der Waals surface area contributed by atoms with Crippen molar-refractivity contribution < 1.29 is 13.2 Å². The fourth-order valence-corrected chi connectivity index (χ4v) is 4.90. The van der Waals surface area contributed by atoms with Crippen LogP contribution in [0.2, 0.25) is 0 Å². The minimum Gasteiger partial charge on any atom is -0.349 e. The summed E-state index contributed by atoms with van der Waals surface area (Å²) in [5.74, 6) is 0.843. The predicted octanol–water partition coefficient (Wildman–Crippen LogP) is 4.80. The van der Waals surface area contributed by atoms with E-state index < -0.39 is 10.0 Å². The van der Waals surface area contributed by atoms with Gasteiger partial charge in [-0.3, -0.25) is 9.52 Å². The molecule has 1 amide bonds. The third-order valence-electron chi connectivity index (χ3n) is 5.52. The molecule has 3 atom stereocenters. The molecule has 0 spiro atoms. The van der Waals surface area contributed by atoms with Crippen LogP contribution in [-0.4, -0.2) is 20.4 Å². The van der Waals surface area contributed by atoms with Crippen LogP contribution in [0, 0.1) is 11.8 Å². The molecular formula is C21H25BrN2O3S. The molecule has 2 aromatic rings. The van der Waals surface area contributed by atoms with Crippen LogP contribution in [0.4, 0.5) is 5.69 Å². The van der Waals surface area contributed by atoms with Crippen LogP contribution in [0.5, 0.6) is 0 Å². The van der Waals surface area contributed by atoms with Gasteiger partial charge in [0.05, 0.1) is 4.90 Å². The van der Waals surface area contributed by atoms with Crippen molar-refractivity contribution in [2.75, 3.05) is 4.72 Å². The van der Waals surface area contributed by atoms with Gasteiger partial charge in [0, 0.05) is 21.8 Å². The summed E-state index contributed by atoms with van der Waals surface area (Å²) in [7, 11) is -3.72. The quantitative estimate of drug-likeness (QED) is 0.666. The largest absolute Gasteiger partial charge is 0.349 e. The third kappa shape index (κ3) is 4.94. The Balaban J connectivity index is 1.73. The van der Waals surface area contributed by atoms with Gasteiger partial charge in [-0.25, -0.2) is 8.42 Å². The molecule has 150 valence electrons. The number of anilines is 1. The molecule has 0 saturated heterocycles. The molecule has 1 saturated carbocycles. The number of nitrogens with one attached hydrogen (secondary N) is 2. The number of hydrogen-bond donors (Lipinski definition) is 2. The maximum Gasteiger partial charge on any atom is 0.261 e. The van der Waals surface area contributed by atoms with Crippen molar-refractivity contribution in [2.45, 2.75) is 44.0 Å². The van der Waals surface area contributed by atoms with E-state index in [2.05, 4.69) is 39.8 Å². The van der Waals surface area contributed by atoms with Crippen LogP contribution in [0.3, 0.4) is 0 Å². The Morgan fingerprint density at radius 1 is 1.07 bits per heavy atom. The monoisotopic (exact) mass is 464 g/mol. The molecule has 1 aliphatic carbocycles. The Hall–Kier alpha value is -1.86. The van der Waals surface area contributed by atoms with E-state index in [-0.39, 0.29) is 16.8 Å². The van der Waals surface area contributed by atoms with Gasteiger partial charge in [-0.2, -0.15) is 0 Å². The average molecular weight is 465 g/mol. The van der Waals surface area contributed by atoms with Gasteiger partial charge in [0.2, 0.25) is 0 Å². The first-order chi connectivity index (χ1) is 13.3. The second-order valence-corrected chi connectivity index (χ2v) is 10.1. The van der Waals surface area contributed by atoms with Crippen molar-refractivity contribution in [1.82, 2.24) is 5.32 Å². The lowest BCUT2D eigenvalue weighted by Gasteiger charge is -2.34. The first-order valence-electron chi connectivity index (χ1n) is 9.45. The van der Waals surface area contributed by atoms with Crippen LogP contribution < -0.4 is 10.0 Å². The third-order valence-corrected chi connectivity index (χ3v) is 7.45. The van der Waals surface area contributed by atoms with Crippen molar-refractivity contribution in [2.24, 2.45) is 11.8 Å². The number of halogens is 1. The summed E-state index contributed by atoms with van der Waals surface area (Å²) in [6.45, 7) is 4.40.